The third-order valence-electron chi connectivity index (χ3n) is 11.0. The van der Waals surface area contributed by atoms with Gasteiger partial charge in [0.25, 0.3) is 0 Å². The topological polar surface area (TPSA) is 156 Å². The standard InChI is InChI=1S/C33H42O11/c1-17(2)26(37)43-28-29(4,5)21(13-23(35)40-8)31(7)20-9-11-30(6)22(14-24(36)42-25(30)19-10-12-41-15-19)32(20,39)16-33(28,27(31)38)44-18(3)34/h10,12,14-15,17,20-21,25,28,39H,9,11,13,16H2,1-8H3/t20-,21+,25+,28+,30-,31-,32+,33+/m1/s1. The molecule has 0 spiro atoms. The number of cyclic esters (lactones) is 1. The minimum atomic E-state index is -2.13. The zero-order valence-corrected chi connectivity index (χ0v) is 26.6. The number of Topliss-reactive ketones (excluding diaryl/α,β-unsaturated/α-hetero) is 1. The Morgan fingerprint density at radius 2 is 1.82 bits per heavy atom. The van der Waals surface area contributed by atoms with E-state index in [1.807, 2.05) is 6.92 Å². The molecule has 3 aliphatic carbocycles. The van der Waals surface area contributed by atoms with E-state index in [4.69, 9.17) is 23.4 Å². The molecule has 1 aromatic rings. The molecule has 1 N–H and O–H groups in total. The number of esters is 4. The second kappa shape index (κ2) is 10.3. The fourth-order valence-corrected chi connectivity index (χ4v) is 9.22. The summed E-state index contributed by atoms with van der Waals surface area (Å²) in [6.45, 7) is 11.6. The Labute approximate surface area is 256 Å². The quantitative estimate of drug-likeness (QED) is 0.365. The summed E-state index contributed by atoms with van der Waals surface area (Å²) < 4.78 is 28.2. The van der Waals surface area contributed by atoms with Gasteiger partial charge in [0.15, 0.2) is 11.9 Å². The van der Waals surface area contributed by atoms with Gasteiger partial charge in [0, 0.05) is 53.6 Å². The maximum atomic E-state index is 15.0. The van der Waals surface area contributed by atoms with Crippen LogP contribution >= 0.6 is 0 Å². The number of hydrogen-bond acceptors (Lipinski definition) is 11. The highest BCUT2D eigenvalue weighted by Gasteiger charge is 2.80. The lowest BCUT2D eigenvalue weighted by Gasteiger charge is -2.70. The third kappa shape index (κ3) is 4.29. The van der Waals surface area contributed by atoms with Crippen LogP contribution in [0, 0.1) is 34.0 Å². The highest BCUT2D eigenvalue weighted by molar-refractivity contribution is 5.99. The van der Waals surface area contributed by atoms with E-state index < -0.39 is 93.5 Å². The maximum absolute atomic E-state index is 15.0. The predicted octanol–water partition coefficient (Wildman–Crippen LogP) is 4.02. The Bertz CT molecular complexity index is 1420. The molecule has 11 heteroatoms. The van der Waals surface area contributed by atoms with Crippen LogP contribution in [0.5, 0.6) is 0 Å². The van der Waals surface area contributed by atoms with Gasteiger partial charge >= 0.3 is 23.9 Å². The molecule has 44 heavy (non-hydrogen) atoms. The maximum Gasteiger partial charge on any atom is 0.331 e. The number of ketones is 1. The lowest BCUT2D eigenvalue weighted by molar-refractivity contribution is -0.279. The van der Waals surface area contributed by atoms with Gasteiger partial charge in [0.2, 0.25) is 5.60 Å². The van der Waals surface area contributed by atoms with Crippen molar-refractivity contribution in [2.45, 2.75) is 97.6 Å². The van der Waals surface area contributed by atoms with Crippen LogP contribution in [0.4, 0.5) is 0 Å². The molecule has 5 rings (SSSR count). The first-order chi connectivity index (χ1) is 20.4. The van der Waals surface area contributed by atoms with Crippen LogP contribution in [0.3, 0.4) is 0 Å². The van der Waals surface area contributed by atoms with Crippen molar-refractivity contribution in [2.75, 3.05) is 7.11 Å². The number of rotatable bonds is 6. The van der Waals surface area contributed by atoms with Gasteiger partial charge in [-0.1, -0.05) is 41.5 Å². The van der Waals surface area contributed by atoms with Crippen molar-refractivity contribution in [2.24, 2.45) is 34.0 Å². The van der Waals surface area contributed by atoms with Crippen LogP contribution in [-0.2, 0) is 42.9 Å². The number of carbonyl (C=O) groups excluding carboxylic acids is 5. The number of fused-ring (bicyclic) bond motifs is 6. The van der Waals surface area contributed by atoms with Crippen molar-refractivity contribution in [1.82, 2.24) is 0 Å². The van der Waals surface area contributed by atoms with E-state index in [9.17, 15) is 24.3 Å². The Balaban J connectivity index is 1.79. The summed E-state index contributed by atoms with van der Waals surface area (Å²) in [4.78, 5) is 67.1. The normalized spacial score (nSPS) is 38.9. The van der Waals surface area contributed by atoms with E-state index in [-0.39, 0.29) is 6.42 Å². The highest BCUT2D eigenvalue weighted by Crippen LogP contribution is 2.72. The molecule has 3 fully saturated rings. The Kier molecular flexibility index (Phi) is 7.47. The molecule has 8 atom stereocenters. The van der Waals surface area contributed by atoms with Crippen LogP contribution < -0.4 is 0 Å². The zero-order valence-electron chi connectivity index (χ0n) is 26.6. The number of methoxy groups -OCH3 is 1. The summed E-state index contributed by atoms with van der Waals surface area (Å²) in [6.07, 6.45) is 2.13. The molecule has 2 bridgehead atoms. The number of furan rings is 1. The highest BCUT2D eigenvalue weighted by atomic mass is 16.6. The fraction of sp³-hybridized carbons (Fsp3) is 0.667. The minimum Gasteiger partial charge on any atom is -0.472 e. The molecule has 0 radical (unpaired) electrons. The summed E-state index contributed by atoms with van der Waals surface area (Å²) in [6, 6.07) is 1.69. The van der Waals surface area contributed by atoms with Gasteiger partial charge in [-0.15, -0.1) is 0 Å². The van der Waals surface area contributed by atoms with Gasteiger partial charge < -0.3 is 28.5 Å². The fourth-order valence-electron chi connectivity index (χ4n) is 9.22. The van der Waals surface area contributed by atoms with E-state index in [1.54, 1.807) is 40.7 Å². The van der Waals surface area contributed by atoms with Crippen LogP contribution in [0.15, 0.2) is 34.7 Å². The van der Waals surface area contributed by atoms with Crippen LogP contribution in [0.1, 0.15) is 85.8 Å². The smallest absolute Gasteiger partial charge is 0.331 e. The van der Waals surface area contributed by atoms with E-state index in [0.29, 0.717) is 24.0 Å². The van der Waals surface area contributed by atoms with E-state index in [2.05, 4.69) is 0 Å². The molecule has 2 heterocycles. The summed E-state index contributed by atoms with van der Waals surface area (Å²) in [5.74, 6) is -5.43. The van der Waals surface area contributed by atoms with E-state index in [1.165, 1.54) is 25.7 Å². The molecule has 0 saturated heterocycles. The van der Waals surface area contributed by atoms with Crippen LogP contribution in [-0.4, -0.2) is 59.2 Å². The van der Waals surface area contributed by atoms with Crippen molar-refractivity contribution in [3.8, 4) is 0 Å². The van der Waals surface area contributed by atoms with Gasteiger partial charge in [-0.05, 0) is 30.4 Å². The van der Waals surface area contributed by atoms with Crippen molar-refractivity contribution in [1.29, 1.82) is 0 Å². The number of carbonyl (C=O) groups is 5. The van der Waals surface area contributed by atoms with Crippen LogP contribution in [0.25, 0.3) is 0 Å². The first-order valence-electron chi connectivity index (χ1n) is 15.1. The average molecular weight is 615 g/mol. The van der Waals surface area contributed by atoms with E-state index in [0.717, 1.165) is 6.92 Å². The molecule has 1 aromatic heterocycles. The summed E-state index contributed by atoms with van der Waals surface area (Å²) >= 11 is 0. The first-order valence-corrected chi connectivity index (χ1v) is 15.1. The summed E-state index contributed by atoms with van der Waals surface area (Å²) in [5, 5.41) is 13.1. The number of ether oxygens (including phenoxy) is 4. The molecule has 4 aliphatic rings. The van der Waals surface area contributed by atoms with Crippen LogP contribution in [0.2, 0.25) is 0 Å². The molecule has 1 aliphatic heterocycles. The van der Waals surface area contributed by atoms with Gasteiger partial charge in [0.05, 0.1) is 31.2 Å². The molecule has 0 amide bonds. The molecular weight excluding hydrogens is 572 g/mol. The van der Waals surface area contributed by atoms with Gasteiger partial charge in [-0.2, -0.15) is 0 Å². The van der Waals surface area contributed by atoms with Gasteiger partial charge in [-0.3, -0.25) is 19.2 Å². The van der Waals surface area contributed by atoms with Gasteiger partial charge in [0.1, 0.15) is 6.10 Å². The average Bonchev–Trinajstić information content (AvgIpc) is 3.47. The van der Waals surface area contributed by atoms with Gasteiger partial charge in [-0.25, -0.2) is 4.79 Å². The molecule has 11 nitrogen and oxygen atoms in total. The molecule has 0 aromatic carbocycles. The number of hydrogen-bond donors (Lipinski definition) is 1. The molecule has 3 saturated carbocycles. The summed E-state index contributed by atoms with van der Waals surface area (Å²) in [5.41, 5.74) is -6.60. The Hall–Kier alpha value is -3.47. The Morgan fingerprint density at radius 1 is 1.14 bits per heavy atom. The Morgan fingerprint density at radius 3 is 2.39 bits per heavy atom. The second-order valence-electron chi connectivity index (χ2n) is 14.3. The minimum absolute atomic E-state index is 0.222. The monoisotopic (exact) mass is 614 g/mol. The first kappa shape index (κ1) is 31.9. The zero-order chi connectivity index (χ0) is 32.6. The lowest BCUT2D eigenvalue weighted by atomic mass is 9.36. The number of aliphatic hydroxyl groups is 1. The predicted molar refractivity (Wildman–Crippen MR) is 152 cm³/mol. The molecular formula is C33H42O11. The lowest BCUT2D eigenvalue weighted by Crippen LogP contribution is -2.80. The third-order valence-corrected chi connectivity index (χ3v) is 11.0. The van der Waals surface area contributed by atoms with Crippen molar-refractivity contribution in [3.05, 3.63) is 35.8 Å². The van der Waals surface area contributed by atoms with E-state index >= 15 is 4.79 Å². The largest absolute Gasteiger partial charge is 0.472 e. The SMILES string of the molecule is COC(=O)C[C@H]1C(C)(C)[C@H](OC(=O)C(C)C)[C@]2(OC(C)=O)C[C@@]3(O)C4=CC(=O)O[C@@H](c5ccoc5)[C@]4(C)CC[C@@H]3[C@@]1(C)C2=O. The summed E-state index contributed by atoms with van der Waals surface area (Å²) in [7, 11) is 1.25. The second-order valence-corrected chi connectivity index (χ2v) is 14.3. The van der Waals surface area contributed by atoms with Crippen molar-refractivity contribution in [3.63, 3.8) is 0 Å². The molecule has 0 unspecified atom stereocenters. The molecule has 240 valence electrons. The van der Waals surface area contributed by atoms with Crippen molar-refractivity contribution < 1.29 is 52.4 Å². The van der Waals surface area contributed by atoms with Crippen molar-refractivity contribution >= 4 is 29.7 Å².